The first kappa shape index (κ1) is 24.7. The van der Waals surface area contributed by atoms with E-state index >= 15 is 0 Å². The number of amides is 2. The third-order valence-corrected chi connectivity index (χ3v) is 6.19. The van der Waals surface area contributed by atoms with E-state index in [2.05, 4.69) is 16.0 Å². The van der Waals surface area contributed by atoms with E-state index < -0.39 is 12.0 Å². The predicted molar refractivity (Wildman–Crippen MR) is 127 cm³/mol. The fourth-order valence-corrected chi connectivity index (χ4v) is 4.13. The first-order valence-electron chi connectivity index (χ1n) is 11.1. The minimum absolute atomic E-state index is 0.0410. The molecule has 0 fully saturated rings. The molecular formula is C25H30ClN3O4. The Balaban J connectivity index is 1.66. The van der Waals surface area contributed by atoms with Crippen LogP contribution in [0, 0.1) is 5.92 Å². The number of carboxylic acids is 1. The lowest BCUT2D eigenvalue weighted by Crippen LogP contribution is -2.49. The highest BCUT2D eigenvalue weighted by Gasteiger charge is 2.27. The largest absolute Gasteiger partial charge is 0.480 e. The Bertz CT molecular complexity index is 993. The van der Waals surface area contributed by atoms with Crippen molar-refractivity contribution in [2.24, 2.45) is 5.92 Å². The Morgan fingerprint density at radius 1 is 1.09 bits per heavy atom. The van der Waals surface area contributed by atoms with E-state index in [1.807, 2.05) is 36.4 Å². The molecule has 1 heterocycles. The normalized spacial score (nSPS) is 17.0. The highest BCUT2D eigenvalue weighted by atomic mass is 35.5. The minimum Gasteiger partial charge on any atom is -0.480 e. The molecule has 4 N–H and O–H groups in total. The molecule has 33 heavy (non-hydrogen) atoms. The van der Waals surface area contributed by atoms with Gasteiger partial charge in [0.1, 0.15) is 6.04 Å². The number of fused-ring (bicyclic) bond motifs is 1. The summed E-state index contributed by atoms with van der Waals surface area (Å²) in [5.41, 5.74) is 3.18. The van der Waals surface area contributed by atoms with Crippen LogP contribution in [0.4, 0.5) is 0 Å². The molecule has 0 aliphatic carbocycles. The topological polar surface area (TPSA) is 108 Å². The van der Waals surface area contributed by atoms with Gasteiger partial charge in [0.2, 0.25) is 11.8 Å². The van der Waals surface area contributed by atoms with Gasteiger partial charge in [-0.2, -0.15) is 0 Å². The number of carbonyl (C=O) groups excluding carboxylic acids is 2. The number of carboxylic acid groups (broad SMARTS) is 1. The smallest absolute Gasteiger partial charge is 0.326 e. The SMILES string of the molecule is CC(C)C(NC(=O)CC(CNC(=O)C1Cc2ccccc2CN1)c1ccc(Cl)cc1)C(=O)O. The second-order valence-corrected chi connectivity index (χ2v) is 9.17. The lowest BCUT2D eigenvalue weighted by molar-refractivity contribution is -0.143. The summed E-state index contributed by atoms with van der Waals surface area (Å²) < 4.78 is 0. The summed E-state index contributed by atoms with van der Waals surface area (Å²) in [6, 6.07) is 13.8. The Kier molecular flexibility index (Phi) is 8.47. The van der Waals surface area contributed by atoms with Gasteiger partial charge in [0.05, 0.1) is 6.04 Å². The molecule has 3 unspecified atom stereocenters. The van der Waals surface area contributed by atoms with Crippen molar-refractivity contribution in [1.82, 2.24) is 16.0 Å². The van der Waals surface area contributed by atoms with Gasteiger partial charge >= 0.3 is 5.97 Å². The Morgan fingerprint density at radius 2 is 1.76 bits per heavy atom. The fourth-order valence-electron chi connectivity index (χ4n) is 4.00. The average Bonchev–Trinajstić information content (AvgIpc) is 2.79. The van der Waals surface area contributed by atoms with Crippen molar-refractivity contribution in [1.29, 1.82) is 0 Å². The molecule has 0 bridgehead atoms. The van der Waals surface area contributed by atoms with Crippen LogP contribution in [-0.4, -0.2) is 41.5 Å². The molecule has 7 nitrogen and oxygen atoms in total. The van der Waals surface area contributed by atoms with Gasteiger partial charge in [-0.15, -0.1) is 0 Å². The number of halogens is 1. The van der Waals surface area contributed by atoms with E-state index in [9.17, 15) is 19.5 Å². The van der Waals surface area contributed by atoms with Crippen LogP contribution >= 0.6 is 11.6 Å². The fraction of sp³-hybridized carbons (Fsp3) is 0.400. The maximum absolute atomic E-state index is 12.9. The van der Waals surface area contributed by atoms with Crippen molar-refractivity contribution >= 4 is 29.4 Å². The van der Waals surface area contributed by atoms with E-state index in [0.717, 1.165) is 11.1 Å². The van der Waals surface area contributed by atoms with Crippen molar-refractivity contribution in [3.05, 3.63) is 70.2 Å². The van der Waals surface area contributed by atoms with Crippen molar-refractivity contribution in [2.45, 2.75) is 51.2 Å². The van der Waals surface area contributed by atoms with Gasteiger partial charge < -0.3 is 21.1 Å². The number of hydrogen-bond donors (Lipinski definition) is 4. The van der Waals surface area contributed by atoms with E-state index in [0.29, 0.717) is 18.0 Å². The molecular weight excluding hydrogens is 442 g/mol. The standard InChI is InChI=1S/C25H30ClN3O4/c1-15(2)23(25(32)33)29-22(30)12-19(16-7-9-20(26)10-8-16)14-28-24(31)21-11-17-5-3-4-6-18(17)13-27-21/h3-10,15,19,21,23,27H,11-14H2,1-2H3,(H,28,31)(H,29,30)(H,32,33). The lowest BCUT2D eigenvalue weighted by atomic mass is 9.93. The second-order valence-electron chi connectivity index (χ2n) is 8.73. The molecule has 0 spiro atoms. The summed E-state index contributed by atoms with van der Waals surface area (Å²) in [5.74, 6) is -2.16. The number of hydrogen-bond acceptors (Lipinski definition) is 4. The number of benzene rings is 2. The molecule has 1 aliphatic heterocycles. The van der Waals surface area contributed by atoms with Crippen LogP contribution in [-0.2, 0) is 27.3 Å². The number of rotatable bonds is 9. The third-order valence-electron chi connectivity index (χ3n) is 5.94. The van der Waals surface area contributed by atoms with Gasteiger partial charge in [0.15, 0.2) is 0 Å². The van der Waals surface area contributed by atoms with E-state index in [-0.39, 0.29) is 42.7 Å². The highest BCUT2D eigenvalue weighted by Crippen LogP contribution is 2.22. The van der Waals surface area contributed by atoms with Crippen LogP contribution in [0.3, 0.4) is 0 Å². The summed E-state index contributed by atoms with van der Waals surface area (Å²) >= 11 is 6.01. The summed E-state index contributed by atoms with van der Waals surface area (Å²) in [4.78, 5) is 37.0. The molecule has 3 rings (SSSR count). The predicted octanol–water partition coefficient (Wildman–Crippen LogP) is 2.87. The maximum atomic E-state index is 12.9. The van der Waals surface area contributed by atoms with Crippen LogP contribution in [0.15, 0.2) is 48.5 Å². The molecule has 3 atom stereocenters. The lowest BCUT2D eigenvalue weighted by Gasteiger charge is -2.26. The monoisotopic (exact) mass is 471 g/mol. The zero-order chi connectivity index (χ0) is 24.0. The molecule has 2 amide bonds. The Hall–Kier alpha value is -2.90. The molecule has 2 aromatic carbocycles. The Labute approximate surface area is 198 Å². The van der Waals surface area contributed by atoms with Crippen LogP contribution < -0.4 is 16.0 Å². The summed E-state index contributed by atoms with van der Waals surface area (Å²) in [6.07, 6.45) is 0.641. The van der Waals surface area contributed by atoms with Gasteiger partial charge in [0.25, 0.3) is 0 Å². The zero-order valence-corrected chi connectivity index (χ0v) is 19.6. The minimum atomic E-state index is -1.07. The van der Waals surface area contributed by atoms with E-state index in [1.54, 1.807) is 26.0 Å². The molecule has 1 aliphatic rings. The summed E-state index contributed by atoms with van der Waals surface area (Å²) in [5, 5.41) is 18.8. The summed E-state index contributed by atoms with van der Waals surface area (Å²) in [7, 11) is 0. The van der Waals surface area contributed by atoms with Gasteiger partial charge in [0, 0.05) is 30.5 Å². The van der Waals surface area contributed by atoms with Gasteiger partial charge in [-0.3, -0.25) is 9.59 Å². The second kappa shape index (κ2) is 11.3. The van der Waals surface area contributed by atoms with E-state index in [1.165, 1.54) is 5.56 Å². The zero-order valence-electron chi connectivity index (χ0n) is 18.8. The van der Waals surface area contributed by atoms with Crippen LogP contribution in [0.1, 0.15) is 42.9 Å². The summed E-state index contributed by atoms with van der Waals surface area (Å²) in [6.45, 7) is 4.35. The first-order chi connectivity index (χ1) is 15.7. The van der Waals surface area contributed by atoms with Gasteiger partial charge in [-0.1, -0.05) is 61.8 Å². The van der Waals surface area contributed by atoms with Crippen LogP contribution in [0.2, 0.25) is 5.02 Å². The quantitative estimate of drug-likeness (QED) is 0.450. The van der Waals surface area contributed by atoms with Crippen molar-refractivity contribution in [2.75, 3.05) is 6.54 Å². The molecule has 0 aromatic heterocycles. The van der Waals surface area contributed by atoms with Crippen molar-refractivity contribution in [3.8, 4) is 0 Å². The van der Waals surface area contributed by atoms with Gasteiger partial charge in [-0.05, 0) is 41.2 Å². The number of aliphatic carboxylic acids is 1. The maximum Gasteiger partial charge on any atom is 0.326 e. The third kappa shape index (κ3) is 6.79. The van der Waals surface area contributed by atoms with Crippen LogP contribution in [0.5, 0.6) is 0 Å². The molecule has 0 radical (unpaired) electrons. The molecule has 8 heteroatoms. The average molecular weight is 472 g/mol. The number of carbonyl (C=O) groups is 3. The van der Waals surface area contributed by atoms with E-state index in [4.69, 9.17) is 11.6 Å². The van der Waals surface area contributed by atoms with Crippen molar-refractivity contribution in [3.63, 3.8) is 0 Å². The molecule has 2 aromatic rings. The number of nitrogens with one attached hydrogen (secondary N) is 3. The highest BCUT2D eigenvalue weighted by molar-refractivity contribution is 6.30. The first-order valence-corrected chi connectivity index (χ1v) is 11.5. The molecule has 0 saturated carbocycles. The van der Waals surface area contributed by atoms with Crippen LogP contribution in [0.25, 0.3) is 0 Å². The molecule has 176 valence electrons. The van der Waals surface area contributed by atoms with Crippen molar-refractivity contribution < 1.29 is 19.5 Å². The van der Waals surface area contributed by atoms with Gasteiger partial charge in [-0.25, -0.2) is 4.79 Å². The molecule has 0 saturated heterocycles. The Morgan fingerprint density at radius 3 is 2.39 bits per heavy atom.